The van der Waals surface area contributed by atoms with E-state index in [1.54, 1.807) is 0 Å². The van der Waals surface area contributed by atoms with Crippen LogP contribution in [0.4, 0.5) is 0 Å². The van der Waals surface area contributed by atoms with Gasteiger partial charge in [0.1, 0.15) is 0 Å². The van der Waals surface area contributed by atoms with Crippen LogP contribution >= 0.6 is 0 Å². The van der Waals surface area contributed by atoms with E-state index in [2.05, 4.69) is 49.9 Å². The van der Waals surface area contributed by atoms with Gasteiger partial charge in [0.2, 0.25) is 0 Å². The number of hydrogen-bond donors (Lipinski definition) is 0. The minimum Gasteiger partial charge on any atom is -0.466 e. The molecule has 0 unspecified atom stereocenters. The lowest BCUT2D eigenvalue weighted by Crippen LogP contribution is -2.12. The maximum absolute atomic E-state index is 12.1. The first kappa shape index (κ1) is 27.4. The van der Waals surface area contributed by atoms with E-state index in [1.165, 1.54) is 16.7 Å². The Bertz CT molecular complexity index is 1030. The lowest BCUT2D eigenvalue weighted by molar-refractivity contribution is -0.146. The minimum atomic E-state index is -0.0921. The van der Waals surface area contributed by atoms with E-state index in [0.717, 1.165) is 32.1 Å². The number of ether oxygens (including phenoxy) is 2. The number of hydrogen-bond acceptors (Lipinski definition) is 4. The van der Waals surface area contributed by atoms with Gasteiger partial charge in [-0.15, -0.1) is 6.58 Å². The van der Waals surface area contributed by atoms with Gasteiger partial charge >= 0.3 is 11.9 Å². The predicted octanol–water partition coefficient (Wildman–Crippen LogP) is 6.75. The molecule has 1 fully saturated rings. The molecule has 0 saturated heterocycles. The Morgan fingerprint density at radius 1 is 0.861 bits per heavy atom. The fourth-order valence-corrected chi connectivity index (χ4v) is 5.10. The first-order valence-electron chi connectivity index (χ1n) is 13.2. The van der Waals surface area contributed by atoms with Crippen molar-refractivity contribution >= 4 is 11.9 Å². The molecule has 0 aromatic heterocycles. The number of carbonyl (C=O) groups is 2. The van der Waals surface area contributed by atoms with E-state index in [-0.39, 0.29) is 29.2 Å². The van der Waals surface area contributed by atoms with E-state index >= 15 is 0 Å². The molecule has 0 radical (unpaired) electrons. The summed E-state index contributed by atoms with van der Waals surface area (Å²) in [5.74, 6) is 0.288. The highest BCUT2D eigenvalue weighted by Gasteiger charge is 2.64. The van der Waals surface area contributed by atoms with Gasteiger partial charge in [-0.2, -0.15) is 0 Å². The van der Waals surface area contributed by atoms with Gasteiger partial charge in [-0.05, 0) is 68.4 Å². The highest BCUT2D eigenvalue weighted by Crippen LogP contribution is 2.63. The van der Waals surface area contributed by atoms with Gasteiger partial charge in [-0.25, -0.2) is 0 Å². The van der Waals surface area contributed by atoms with E-state index in [4.69, 9.17) is 9.47 Å². The summed E-state index contributed by atoms with van der Waals surface area (Å²) >= 11 is 0. The molecule has 36 heavy (non-hydrogen) atoms. The second kappa shape index (κ2) is 13.2. The van der Waals surface area contributed by atoms with E-state index in [9.17, 15) is 9.59 Å². The Morgan fingerprint density at radius 2 is 1.42 bits per heavy atom. The molecule has 0 aliphatic heterocycles. The van der Waals surface area contributed by atoms with Gasteiger partial charge in [-0.3, -0.25) is 9.59 Å². The molecule has 0 bridgehead atoms. The number of benzene rings is 2. The summed E-state index contributed by atoms with van der Waals surface area (Å²) in [6.07, 6.45) is 8.83. The summed E-state index contributed by atoms with van der Waals surface area (Å²) in [6.45, 7) is 10.7. The van der Waals surface area contributed by atoms with Crippen LogP contribution in [-0.2, 0) is 31.9 Å². The zero-order valence-electron chi connectivity index (χ0n) is 22.0. The predicted molar refractivity (Wildman–Crippen MR) is 144 cm³/mol. The maximum Gasteiger partial charge on any atom is 0.316 e. The molecule has 2 aromatic carbocycles. The molecule has 0 amide bonds. The quantitative estimate of drug-likeness (QED) is 0.245. The molecule has 4 nitrogen and oxygen atoms in total. The molecule has 4 rings (SSSR count). The Morgan fingerprint density at radius 3 is 1.97 bits per heavy atom. The Balaban J connectivity index is 0.000000205. The van der Waals surface area contributed by atoms with Crippen LogP contribution in [0.1, 0.15) is 51.2 Å². The van der Waals surface area contributed by atoms with E-state index in [1.807, 2.05) is 50.3 Å². The van der Waals surface area contributed by atoms with Crippen LogP contribution in [-0.4, -0.2) is 25.2 Å². The molecule has 192 valence electrons. The SMILES string of the molecule is C=CC[C@H]1[C@@H](C(=O)OCC)[C@]1(C)CCc1ccccc1.CCOC(=O)[C@@H]1C=C1CCc1ccccc1. The Labute approximate surface area is 216 Å². The first-order chi connectivity index (χ1) is 17.4. The van der Waals surface area contributed by atoms with Crippen LogP contribution in [0.25, 0.3) is 0 Å². The zero-order chi connectivity index (χ0) is 26.0. The average Bonchev–Trinajstić information content (AvgIpc) is 3.79. The van der Waals surface area contributed by atoms with Crippen molar-refractivity contribution in [2.45, 2.75) is 52.9 Å². The van der Waals surface area contributed by atoms with Gasteiger partial charge in [0.15, 0.2) is 0 Å². The molecule has 4 heteroatoms. The van der Waals surface area contributed by atoms with Crippen molar-refractivity contribution in [3.63, 3.8) is 0 Å². The zero-order valence-corrected chi connectivity index (χ0v) is 22.0. The Kier molecular flexibility index (Phi) is 10.1. The van der Waals surface area contributed by atoms with Crippen molar-refractivity contribution in [3.05, 3.63) is 96.1 Å². The van der Waals surface area contributed by atoms with Crippen LogP contribution < -0.4 is 0 Å². The lowest BCUT2D eigenvalue weighted by atomic mass is 9.94. The normalized spacial score (nSPS) is 23.4. The summed E-state index contributed by atoms with van der Waals surface area (Å²) in [6, 6.07) is 20.8. The molecule has 4 atom stereocenters. The molecular weight excluding hydrogens is 448 g/mol. The van der Waals surface area contributed by atoms with Gasteiger partial charge in [0.25, 0.3) is 0 Å². The summed E-state index contributed by atoms with van der Waals surface area (Å²) in [7, 11) is 0. The van der Waals surface area contributed by atoms with Crippen LogP contribution in [0.5, 0.6) is 0 Å². The number of allylic oxidation sites excluding steroid dienone is 1. The number of aryl methyl sites for hydroxylation is 2. The monoisotopic (exact) mass is 488 g/mol. The lowest BCUT2D eigenvalue weighted by Gasteiger charge is -2.11. The molecule has 0 heterocycles. The number of rotatable bonds is 12. The van der Waals surface area contributed by atoms with Crippen LogP contribution in [0.15, 0.2) is 85.0 Å². The molecule has 1 saturated carbocycles. The number of carbonyl (C=O) groups excluding carboxylic acids is 2. The van der Waals surface area contributed by atoms with Crippen LogP contribution in [0.2, 0.25) is 0 Å². The van der Waals surface area contributed by atoms with Crippen molar-refractivity contribution in [2.24, 2.45) is 23.2 Å². The summed E-state index contributed by atoms with van der Waals surface area (Å²) in [5, 5.41) is 0. The van der Waals surface area contributed by atoms with E-state index in [0.29, 0.717) is 19.1 Å². The largest absolute Gasteiger partial charge is 0.466 e. The fourth-order valence-electron chi connectivity index (χ4n) is 5.10. The van der Waals surface area contributed by atoms with Crippen molar-refractivity contribution in [1.29, 1.82) is 0 Å². The smallest absolute Gasteiger partial charge is 0.316 e. The van der Waals surface area contributed by atoms with Gasteiger partial charge in [0.05, 0.1) is 25.0 Å². The third-order valence-corrected chi connectivity index (χ3v) is 7.36. The highest BCUT2D eigenvalue weighted by molar-refractivity contribution is 5.83. The highest BCUT2D eigenvalue weighted by atomic mass is 16.5. The first-order valence-corrected chi connectivity index (χ1v) is 13.2. The van der Waals surface area contributed by atoms with E-state index < -0.39 is 0 Å². The second-order valence-electron chi connectivity index (χ2n) is 9.81. The second-order valence-corrected chi connectivity index (χ2v) is 9.81. The molecular formula is C32H40O4. The molecule has 2 aromatic rings. The average molecular weight is 489 g/mol. The summed E-state index contributed by atoms with van der Waals surface area (Å²) in [4.78, 5) is 23.4. The van der Waals surface area contributed by atoms with Crippen LogP contribution in [0, 0.1) is 23.2 Å². The molecule has 0 spiro atoms. The van der Waals surface area contributed by atoms with Crippen molar-refractivity contribution in [3.8, 4) is 0 Å². The number of esters is 2. The molecule has 0 N–H and O–H groups in total. The third-order valence-electron chi connectivity index (χ3n) is 7.36. The maximum atomic E-state index is 12.1. The molecule has 2 aliphatic rings. The third kappa shape index (κ3) is 7.43. The Hall–Kier alpha value is -3.14. The summed E-state index contributed by atoms with van der Waals surface area (Å²) < 4.78 is 10.2. The van der Waals surface area contributed by atoms with Crippen molar-refractivity contribution in [2.75, 3.05) is 13.2 Å². The van der Waals surface area contributed by atoms with Gasteiger partial charge < -0.3 is 9.47 Å². The van der Waals surface area contributed by atoms with Crippen LogP contribution in [0.3, 0.4) is 0 Å². The van der Waals surface area contributed by atoms with Gasteiger partial charge in [-0.1, -0.05) is 85.3 Å². The molecule has 2 aliphatic carbocycles. The summed E-state index contributed by atoms with van der Waals surface area (Å²) in [5.41, 5.74) is 3.94. The van der Waals surface area contributed by atoms with Gasteiger partial charge in [0, 0.05) is 0 Å². The minimum absolute atomic E-state index is 0.0244. The fraction of sp³-hybridized carbons (Fsp3) is 0.438. The topological polar surface area (TPSA) is 52.6 Å². The van der Waals surface area contributed by atoms with Crippen molar-refractivity contribution < 1.29 is 19.1 Å². The standard InChI is InChI=1S/C18H24O2.C14H16O2/c1-4-9-15-16(17(19)20-5-2)18(15,3)13-12-14-10-7-6-8-11-14;1-2-16-14(15)13-10-12(13)9-8-11-6-4-3-5-7-11/h4,6-8,10-11,15-16H,1,5,9,12-13H2,2-3H3;3-7,10,13H,2,8-9H2,1H3/t15-,16-,18+;13-/m01/s1. The van der Waals surface area contributed by atoms with Crippen molar-refractivity contribution in [1.82, 2.24) is 0 Å².